The number of nitrogens with two attached hydrogens (primary N) is 2. The SMILES string of the molecule is CCN1CCC(CN=C(N)/C(=C\N)OC)C1.CNC(=S)Nc1ccc(Cl)c(Cl)c1. The molecule has 0 bridgehead atoms. The Bertz CT molecular complexity index is 729. The van der Waals surface area contributed by atoms with Gasteiger partial charge in [-0.25, -0.2) is 0 Å². The van der Waals surface area contributed by atoms with Gasteiger partial charge in [-0.2, -0.15) is 0 Å². The standard InChI is InChI=1S/C11H22N4O.C8H8Cl2N2S/c1-3-15-5-4-9(8-15)7-14-11(13)10(6-12)16-2;1-11-8(13)12-5-2-3-6(9)7(10)4-5/h6,9H,3-5,7-8,12H2,1-2H3,(H2,13,14);2-4H,1H3,(H2,11,12,13)/b10-6+;. The van der Waals surface area contributed by atoms with Crippen LogP contribution in [0.25, 0.3) is 0 Å². The van der Waals surface area contributed by atoms with Crippen LogP contribution in [0.5, 0.6) is 0 Å². The number of hydrogen-bond donors (Lipinski definition) is 4. The lowest BCUT2D eigenvalue weighted by molar-refractivity contribution is 0.312. The Morgan fingerprint density at radius 1 is 1.41 bits per heavy atom. The minimum atomic E-state index is 0.389. The molecule has 1 aliphatic rings. The summed E-state index contributed by atoms with van der Waals surface area (Å²) in [7, 11) is 3.28. The van der Waals surface area contributed by atoms with Gasteiger partial charge in [0.2, 0.25) is 0 Å². The average Bonchev–Trinajstić information content (AvgIpc) is 3.18. The molecule has 1 unspecified atom stereocenters. The van der Waals surface area contributed by atoms with Gasteiger partial charge in [-0.1, -0.05) is 30.1 Å². The maximum absolute atomic E-state index is 5.80. The van der Waals surface area contributed by atoms with Gasteiger partial charge < -0.3 is 31.7 Å². The number of amidine groups is 1. The Morgan fingerprint density at radius 2 is 2.14 bits per heavy atom. The van der Waals surface area contributed by atoms with E-state index in [1.807, 2.05) is 0 Å². The Balaban J connectivity index is 0.000000296. The number of ether oxygens (including phenoxy) is 1. The van der Waals surface area contributed by atoms with E-state index in [4.69, 9.17) is 51.6 Å². The Kier molecular flexibility index (Phi) is 11.8. The second kappa shape index (κ2) is 13.5. The van der Waals surface area contributed by atoms with Crippen LogP contribution in [0.1, 0.15) is 13.3 Å². The quantitative estimate of drug-likeness (QED) is 0.224. The maximum atomic E-state index is 5.80. The van der Waals surface area contributed by atoms with Gasteiger partial charge in [0.25, 0.3) is 0 Å². The predicted molar refractivity (Wildman–Crippen MR) is 128 cm³/mol. The Morgan fingerprint density at radius 3 is 2.66 bits per heavy atom. The summed E-state index contributed by atoms with van der Waals surface area (Å²) in [4.78, 5) is 6.73. The largest absolute Gasteiger partial charge is 0.491 e. The molecule has 1 fully saturated rings. The second-order valence-corrected chi connectivity index (χ2v) is 7.56. The first kappa shape index (κ1) is 25.3. The smallest absolute Gasteiger partial charge is 0.175 e. The zero-order valence-electron chi connectivity index (χ0n) is 17.0. The predicted octanol–water partition coefficient (Wildman–Crippen LogP) is 3.04. The third kappa shape index (κ3) is 9.08. The number of hydrogen-bond acceptors (Lipinski definition) is 5. The van der Waals surface area contributed by atoms with Crippen LogP contribution in [-0.4, -0.2) is 56.2 Å². The number of benzene rings is 1. The van der Waals surface area contributed by atoms with E-state index < -0.39 is 0 Å². The van der Waals surface area contributed by atoms with Gasteiger partial charge in [0.1, 0.15) is 0 Å². The molecule has 0 aromatic heterocycles. The molecule has 1 saturated heterocycles. The molecule has 0 amide bonds. The van der Waals surface area contributed by atoms with E-state index >= 15 is 0 Å². The van der Waals surface area contributed by atoms with Gasteiger partial charge >= 0.3 is 0 Å². The number of halogens is 2. The normalized spacial score (nSPS) is 17.3. The molecule has 10 heteroatoms. The summed E-state index contributed by atoms with van der Waals surface area (Å²) < 4.78 is 4.99. The minimum absolute atomic E-state index is 0.389. The van der Waals surface area contributed by atoms with Crippen LogP contribution in [0.3, 0.4) is 0 Å². The molecular weight excluding hydrogens is 431 g/mol. The highest BCUT2D eigenvalue weighted by molar-refractivity contribution is 7.80. The molecule has 0 radical (unpaired) electrons. The van der Waals surface area contributed by atoms with Crippen molar-refractivity contribution in [2.45, 2.75) is 13.3 Å². The minimum Gasteiger partial charge on any atom is -0.491 e. The lowest BCUT2D eigenvalue weighted by Crippen LogP contribution is -2.23. The number of nitrogens with zero attached hydrogens (tertiary/aromatic N) is 2. The van der Waals surface area contributed by atoms with Crippen molar-refractivity contribution in [3.05, 3.63) is 40.2 Å². The van der Waals surface area contributed by atoms with E-state index in [0.717, 1.165) is 25.3 Å². The summed E-state index contributed by atoms with van der Waals surface area (Å²) in [5.74, 6) is 1.44. The van der Waals surface area contributed by atoms with Crippen LogP contribution < -0.4 is 22.1 Å². The number of rotatable bonds is 6. The number of anilines is 1. The molecular formula is C19H30Cl2N6OS. The fourth-order valence-corrected chi connectivity index (χ4v) is 3.10. The molecule has 1 atom stereocenters. The Hall–Kier alpha value is -1.74. The molecule has 0 saturated carbocycles. The highest BCUT2D eigenvalue weighted by atomic mass is 35.5. The second-order valence-electron chi connectivity index (χ2n) is 6.34. The van der Waals surface area contributed by atoms with Gasteiger partial charge in [0, 0.05) is 32.0 Å². The van der Waals surface area contributed by atoms with Crippen LogP contribution >= 0.6 is 35.4 Å². The number of likely N-dealkylation sites (tertiary alicyclic amines) is 1. The molecule has 162 valence electrons. The summed E-state index contributed by atoms with van der Waals surface area (Å²) in [5, 5.41) is 7.30. The maximum Gasteiger partial charge on any atom is 0.175 e. The fraction of sp³-hybridized carbons (Fsp3) is 0.474. The van der Waals surface area contributed by atoms with E-state index in [0.29, 0.717) is 32.7 Å². The van der Waals surface area contributed by atoms with Crippen molar-refractivity contribution in [2.24, 2.45) is 22.4 Å². The molecule has 6 N–H and O–H groups in total. The third-order valence-electron chi connectivity index (χ3n) is 4.37. The molecule has 1 aliphatic heterocycles. The van der Waals surface area contributed by atoms with Crippen molar-refractivity contribution >= 4 is 52.1 Å². The molecule has 2 rings (SSSR count). The number of thiocarbonyl (C=S) groups is 1. The van der Waals surface area contributed by atoms with Crippen LogP contribution in [0, 0.1) is 5.92 Å². The van der Waals surface area contributed by atoms with Gasteiger partial charge in [0.15, 0.2) is 16.7 Å². The first-order valence-electron chi connectivity index (χ1n) is 9.26. The lowest BCUT2D eigenvalue weighted by atomic mass is 10.1. The van der Waals surface area contributed by atoms with Crippen LogP contribution in [0.2, 0.25) is 10.0 Å². The van der Waals surface area contributed by atoms with Gasteiger partial charge in [0.05, 0.1) is 17.2 Å². The lowest BCUT2D eigenvalue weighted by Gasteiger charge is -2.12. The van der Waals surface area contributed by atoms with Crippen LogP contribution in [0.4, 0.5) is 5.69 Å². The van der Waals surface area contributed by atoms with Crippen LogP contribution in [-0.2, 0) is 4.74 Å². The number of methoxy groups -OCH3 is 1. The topological polar surface area (TPSA) is 101 Å². The summed E-state index contributed by atoms with van der Waals surface area (Å²) in [6.07, 6.45) is 2.53. The molecule has 7 nitrogen and oxygen atoms in total. The van der Waals surface area contributed by atoms with Crippen molar-refractivity contribution in [2.75, 3.05) is 45.7 Å². The van der Waals surface area contributed by atoms with E-state index in [2.05, 4.69) is 27.4 Å². The first-order valence-corrected chi connectivity index (χ1v) is 10.4. The zero-order chi connectivity index (χ0) is 21.8. The van der Waals surface area contributed by atoms with Crippen molar-refractivity contribution in [3.63, 3.8) is 0 Å². The summed E-state index contributed by atoms with van der Waals surface area (Å²) >= 11 is 16.5. The van der Waals surface area contributed by atoms with E-state index in [-0.39, 0.29) is 0 Å². The monoisotopic (exact) mass is 460 g/mol. The average molecular weight is 461 g/mol. The fourth-order valence-electron chi connectivity index (χ4n) is 2.68. The zero-order valence-corrected chi connectivity index (χ0v) is 19.4. The summed E-state index contributed by atoms with van der Waals surface area (Å²) in [5.41, 5.74) is 11.9. The van der Waals surface area contributed by atoms with Gasteiger partial charge in [-0.15, -0.1) is 0 Å². The van der Waals surface area contributed by atoms with Gasteiger partial charge in [-0.05, 0) is 55.8 Å². The highest BCUT2D eigenvalue weighted by Gasteiger charge is 2.20. The molecule has 0 spiro atoms. The molecule has 29 heavy (non-hydrogen) atoms. The van der Waals surface area contributed by atoms with Crippen molar-refractivity contribution in [1.82, 2.24) is 10.2 Å². The summed E-state index contributed by atoms with van der Waals surface area (Å²) in [6.45, 7) is 6.33. The highest BCUT2D eigenvalue weighted by Crippen LogP contribution is 2.24. The third-order valence-corrected chi connectivity index (χ3v) is 5.41. The van der Waals surface area contributed by atoms with Crippen molar-refractivity contribution in [1.29, 1.82) is 0 Å². The Labute approximate surface area is 188 Å². The van der Waals surface area contributed by atoms with Crippen LogP contribution in [0.15, 0.2) is 35.2 Å². The van der Waals surface area contributed by atoms with Crippen molar-refractivity contribution < 1.29 is 4.74 Å². The van der Waals surface area contributed by atoms with E-state index in [9.17, 15) is 0 Å². The van der Waals surface area contributed by atoms with Crippen molar-refractivity contribution in [3.8, 4) is 0 Å². The molecule has 0 aliphatic carbocycles. The first-order chi connectivity index (χ1) is 13.8. The molecule has 1 aromatic carbocycles. The molecule has 1 heterocycles. The van der Waals surface area contributed by atoms with Gasteiger partial charge in [-0.3, -0.25) is 4.99 Å². The number of aliphatic imine (C=N–C) groups is 1. The summed E-state index contributed by atoms with van der Waals surface area (Å²) in [6, 6.07) is 5.23. The number of nitrogens with one attached hydrogen (secondary N) is 2. The molecule has 1 aromatic rings. The van der Waals surface area contributed by atoms with E-state index in [1.165, 1.54) is 26.3 Å². The van der Waals surface area contributed by atoms with E-state index in [1.54, 1.807) is 25.2 Å².